The third kappa shape index (κ3) is 3.58. The molecule has 1 nitrogen and oxygen atoms in total. The van der Waals surface area contributed by atoms with Gasteiger partial charge in [0.15, 0.2) is 6.20 Å². The number of rotatable bonds is 2. The molecule has 2 aromatic rings. The van der Waals surface area contributed by atoms with Crippen LogP contribution in [0.4, 0.5) is 0 Å². The Morgan fingerprint density at radius 2 is 1.41 bits per heavy atom. The zero-order valence-electron chi connectivity index (χ0n) is 15.5. The van der Waals surface area contributed by atoms with Crippen molar-refractivity contribution in [2.24, 2.45) is 12.5 Å². The third-order valence-electron chi connectivity index (χ3n) is 4.43. The molecule has 0 radical (unpaired) electrons. The summed E-state index contributed by atoms with van der Waals surface area (Å²) < 4.78 is 2.28. The van der Waals surface area contributed by atoms with Gasteiger partial charge in [-0.1, -0.05) is 26.8 Å². The van der Waals surface area contributed by atoms with E-state index in [0.717, 1.165) is 6.42 Å². The van der Waals surface area contributed by atoms with Crippen LogP contribution in [0, 0.1) is 33.1 Å². The standard InChI is InChI=1S/C21H30N/c1-14-9-17(4)19(10-15(14)2)20-11-16(3)18(13-22(20)8)12-21(5,6)7/h9-11,13H,12H2,1-8H3/q+1. The number of nitrogens with zero attached hydrogens (tertiary/aromatic N) is 1. The van der Waals surface area contributed by atoms with Gasteiger partial charge in [-0.3, -0.25) is 0 Å². The SMILES string of the molecule is Cc1cc(C)c(-c2cc(C)c(CC(C)(C)C)c[n+]2C)cc1C. The summed E-state index contributed by atoms with van der Waals surface area (Å²) in [6.45, 7) is 15.7. The second-order valence-electron chi connectivity index (χ2n) is 7.97. The van der Waals surface area contributed by atoms with Gasteiger partial charge in [0.2, 0.25) is 5.69 Å². The van der Waals surface area contributed by atoms with E-state index >= 15 is 0 Å². The molecular formula is C21H30N+. The first-order chi connectivity index (χ1) is 10.1. The summed E-state index contributed by atoms with van der Waals surface area (Å²) in [5.74, 6) is 0. The molecule has 2 rings (SSSR count). The average molecular weight is 296 g/mol. The molecular weight excluding hydrogens is 266 g/mol. The van der Waals surface area contributed by atoms with Crippen LogP contribution in [0.1, 0.15) is 48.6 Å². The van der Waals surface area contributed by atoms with Crippen molar-refractivity contribution in [3.8, 4) is 11.3 Å². The van der Waals surface area contributed by atoms with Crippen LogP contribution in [0.2, 0.25) is 0 Å². The van der Waals surface area contributed by atoms with E-state index in [4.69, 9.17) is 0 Å². The largest absolute Gasteiger partial charge is 0.212 e. The Morgan fingerprint density at radius 3 is 2.00 bits per heavy atom. The monoisotopic (exact) mass is 296 g/mol. The van der Waals surface area contributed by atoms with E-state index in [1.165, 1.54) is 39.1 Å². The Morgan fingerprint density at radius 1 is 0.818 bits per heavy atom. The predicted octanol–water partition coefficient (Wildman–Crippen LogP) is 5.00. The molecule has 22 heavy (non-hydrogen) atoms. The molecule has 1 heterocycles. The van der Waals surface area contributed by atoms with Crippen LogP contribution in [0.5, 0.6) is 0 Å². The number of pyridine rings is 1. The van der Waals surface area contributed by atoms with Gasteiger partial charge in [0.05, 0.1) is 0 Å². The first-order valence-corrected chi connectivity index (χ1v) is 8.16. The van der Waals surface area contributed by atoms with Crippen molar-refractivity contribution in [2.45, 2.75) is 54.9 Å². The smallest absolute Gasteiger partial charge is 0.201 e. The van der Waals surface area contributed by atoms with Gasteiger partial charge in [-0.2, -0.15) is 0 Å². The van der Waals surface area contributed by atoms with E-state index in [1.807, 2.05) is 0 Å². The van der Waals surface area contributed by atoms with Gasteiger partial charge in [-0.25, -0.2) is 4.57 Å². The lowest BCUT2D eigenvalue weighted by Gasteiger charge is -2.19. The normalized spacial score (nSPS) is 11.8. The highest BCUT2D eigenvalue weighted by molar-refractivity contribution is 5.64. The van der Waals surface area contributed by atoms with Crippen molar-refractivity contribution in [1.82, 2.24) is 0 Å². The minimum atomic E-state index is 0.315. The lowest BCUT2D eigenvalue weighted by Crippen LogP contribution is -2.32. The Balaban J connectivity index is 2.55. The summed E-state index contributed by atoms with van der Waals surface area (Å²) >= 11 is 0. The summed E-state index contributed by atoms with van der Waals surface area (Å²) in [5, 5.41) is 0. The van der Waals surface area contributed by atoms with Crippen molar-refractivity contribution < 1.29 is 4.57 Å². The summed E-state index contributed by atoms with van der Waals surface area (Å²) in [7, 11) is 2.16. The number of benzene rings is 1. The molecule has 1 aromatic heterocycles. The second kappa shape index (κ2) is 5.87. The van der Waals surface area contributed by atoms with E-state index in [-0.39, 0.29) is 0 Å². The minimum Gasteiger partial charge on any atom is -0.201 e. The molecule has 0 aliphatic carbocycles. The highest BCUT2D eigenvalue weighted by Gasteiger charge is 2.19. The van der Waals surface area contributed by atoms with Gasteiger partial charge >= 0.3 is 0 Å². The molecule has 0 aliphatic heterocycles. The van der Waals surface area contributed by atoms with Crippen LogP contribution in [0.25, 0.3) is 11.3 Å². The van der Waals surface area contributed by atoms with Gasteiger partial charge in [0.1, 0.15) is 7.05 Å². The molecule has 0 N–H and O–H groups in total. The molecule has 0 fully saturated rings. The number of aryl methyl sites for hydroxylation is 5. The molecule has 0 amide bonds. The van der Waals surface area contributed by atoms with E-state index in [2.05, 4.69) is 84.5 Å². The van der Waals surface area contributed by atoms with Gasteiger partial charge < -0.3 is 0 Å². The fraction of sp³-hybridized carbons (Fsp3) is 0.476. The molecule has 0 unspecified atom stereocenters. The fourth-order valence-electron chi connectivity index (χ4n) is 3.07. The van der Waals surface area contributed by atoms with Crippen molar-refractivity contribution in [3.63, 3.8) is 0 Å². The van der Waals surface area contributed by atoms with Gasteiger partial charge in [-0.15, -0.1) is 0 Å². The summed E-state index contributed by atoms with van der Waals surface area (Å²) in [4.78, 5) is 0. The zero-order chi connectivity index (χ0) is 16.7. The maximum atomic E-state index is 2.35. The Labute approximate surface area is 136 Å². The van der Waals surface area contributed by atoms with Crippen molar-refractivity contribution in [3.05, 3.63) is 52.2 Å². The van der Waals surface area contributed by atoms with E-state index in [9.17, 15) is 0 Å². The lowest BCUT2D eigenvalue weighted by atomic mass is 9.86. The molecule has 0 saturated carbocycles. The molecule has 118 valence electrons. The third-order valence-corrected chi connectivity index (χ3v) is 4.43. The number of aromatic nitrogens is 1. The predicted molar refractivity (Wildman–Crippen MR) is 95.2 cm³/mol. The second-order valence-corrected chi connectivity index (χ2v) is 7.97. The van der Waals surface area contributed by atoms with Gasteiger partial charge in [-0.05, 0) is 67.9 Å². The van der Waals surface area contributed by atoms with Crippen molar-refractivity contribution >= 4 is 0 Å². The maximum absolute atomic E-state index is 2.35. The molecule has 0 saturated heterocycles. The van der Waals surface area contributed by atoms with E-state index in [1.54, 1.807) is 0 Å². The highest BCUT2D eigenvalue weighted by Crippen LogP contribution is 2.27. The first kappa shape index (κ1) is 16.7. The van der Waals surface area contributed by atoms with Crippen LogP contribution in [-0.2, 0) is 13.5 Å². The molecule has 0 spiro atoms. The summed E-state index contributed by atoms with van der Waals surface area (Å²) in [6.07, 6.45) is 3.42. The van der Waals surface area contributed by atoms with Crippen LogP contribution in [-0.4, -0.2) is 0 Å². The number of hydrogen-bond donors (Lipinski definition) is 0. The van der Waals surface area contributed by atoms with E-state index in [0.29, 0.717) is 5.41 Å². The lowest BCUT2D eigenvalue weighted by molar-refractivity contribution is -0.660. The van der Waals surface area contributed by atoms with Crippen molar-refractivity contribution in [2.75, 3.05) is 0 Å². The zero-order valence-corrected chi connectivity index (χ0v) is 15.5. The molecule has 1 heteroatoms. The molecule has 0 bridgehead atoms. The summed E-state index contributed by atoms with van der Waals surface area (Å²) in [6, 6.07) is 6.96. The Kier molecular flexibility index (Phi) is 4.47. The van der Waals surface area contributed by atoms with Gasteiger partial charge in [0, 0.05) is 17.2 Å². The fourth-order valence-corrected chi connectivity index (χ4v) is 3.07. The van der Waals surface area contributed by atoms with Crippen LogP contribution < -0.4 is 4.57 Å². The minimum absolute atomic E-state index is 0.315. The summed E-state index contributed by atoms with van der Waals surface area (Å²) in [5.41, 5.74) is 9.87. The van der Waals surface area contributed by atoms with Crippen LogP contribution in [0.3, 0.4) is 0 Å². The van der Waals surface area contributed by atoms with Crippen molar-refractivity contribution in [1.29, 1.82) is 0 Å². The first-order valence-electron chi connectivity index (χ1n) is 8.16. The average Bonchev–Trinajstić information content (AvgIpc) is 2.36. The van der Waals surface area contributed by atoms with Gasteiger partial charge in [0.25, 0.3) is 0 Å². The highest BCUT2D eigenvalue weighted by atomic mass is 14.9. The molecule has 1 aromatic carbocycles. The maximum Gasteiger partial charge on any atom is 0.212 e. The quantitative estimate of drug-likeness (QED) is 0.687. The molecule has 0 aliphatic rings. The molecule has 0 atom stereocenters. The van der Waals surface area contributed by atoms with E-state index < -0.39 is 0 Å². The Hall–Kier alpha value is -1.63. The number of hydrogen-bond acceptors (Lipinski definition) is 0. The van der Waals surface area contributed by atoms with Crippen LogP contribution in [0.15, 0.2) is 24.4 Å². The Bertz CT molecular complexity index is 703. The van der Waals surface area contributed by atoms with Crippen LogP contribution >= 0.6 is 0 Å². The topological polar surface area (TPSA) is 3.88 Å².